The topological polar surface area (TPSA) is 99.0 Å². The predicted octanol–water partition coefficient (Wildman–Crippen LogP) is 3.11. The van der Waals surface area contributed by atoms with E-state index in [1.54, 1.807) is 18.2 Å². The molecule has 0 saturated heterocycles. The second-order valence-electron chi connectivity index (χ2n) is 6.96. The van der Waals surface area contributed by atoms with Gasteiger partial charge in [0.2, 0.25) is 11.8 Å². The summed E-state index contributed by atoms with van der Waals surface area (Å²) in [6, 6.07) is 7.93. The number of ether oxygens (including phenoxy) is 1. The number of nitrogens with one attached hydrogen (secondary N) is 1. The Balaban J connectivity index is 1.56. The van der Waals surface area contributed by atoms with Gasteiger partial charge < -0.3 is 9.72 Å². The minimum atomic E-state index is -0.790. The van der Waals surface area contributed by atoms with Crippen LogP contribution in [0.1, 0.15) is 22.8 Å². The van der Waals surface area contributed by atoms with Crippen molar-refractivity contribution in [1.29, 1.82) is 0 Å². The molecule has 0 unspecified atom stereocenters. The van der Waals surface area contributed by atoms with Gasteiger partial charge in [-0.2, -0.15) is 4.98 Å². The molecule has 4 rings (SSSR count). The van der Waals surface area contributed by atoms with Crippen LogP contribution in [0.4, 0.5) is 8.78 Å². The first-order valence-corrected chi connectivity index (χ1v) is 9.69. The molecule has 2 heterocycles. The van der Waals surface area contributed by atoms with E-state index in [4.69, 9.17) is 16.3 Å². The molecule has 2 aromatic carbocycles. The van der Waals surface area contributed by atoms with E-state index in [9.17, 15) is 23.2 Å². The van der Waals surface area contributed by atoms with Crippen molar-refractivity contribution in [3.63, 3.8) is 0 Å². The summed E-state index contributed by atoms with van der Waals surface area (Å²) in [5.74, 6) is -2.11. The number of rotatable bonds is 5. The maximum absolute atomic E-state index is 13.7. The lowest BCUT2D eigenvalue weighted by molar-refractivity contribution is 0.0937. The Morgan fingerprint density at radius 1 is 1.19 bits per heavy atom. The van der Waals surface area contributed by atoms with Crippen molar-refractivity contribution in [2.24, 2.45) is 0 Å². The molecule has 0 saturated carbocycles. The van der Waals surface area contributed by atoms with Gasteiger partial charge in [-0.05, 0) is 29.8 Å². The summed E-state index contributed by atoms with van der Waals surface area (Å²) in [5, 5.41) is 0.0179. The molecule has 0 aliphatic heterocycles. The fourth-order valence-electron chi connectivity index (χ4n) is 3.22. The number of nitrogens with zero attached hydrogens (tertiary/aromatic N) is 3. The van der Waals surface area contributed by atoms with E-state index >= 15 is 0 Å². The number of hydrogen-bond acceptors (Lipinski definition) is 5. The third-order valence-electron chi connectivity index (χ3n) is 4.71. The van der Waals surface area contributed by atoms with E-state index in [1.807, 2.05) is 0 Å². The van der Waals surface area contributed by atoms with Crippen molar-refractivity contribution in [1.82, 2.24) is 19.1 Å². The minimum Gasteiger partial charge on any atom is -0.471 e. The van der Waals surface area contributed by atoms with E-state index in [2.05, 4.69) is 9.97 Å². The lowest BCUT2D eigenvalue weighted by Crippen LogP contribution is -2.23. The Morgan fingerprint density at radius 3 is 2.69 bits per heavy atom. The number of halogens is 3. The van der Waals surface area contributed by atoms with Gasteiger partial charge in [0.25, 0.3) is 0 Å². The van der Waals surface area contributed by atoms with Gasteiger partial charge in [0, 0.05) is 24.8 Å². The van der Waals surface area contributed by atoms with Gasteiger partial charge >= 0.3 is 11.4 Å². The maximum atomic E-state index is 13.7. The molecule has 0 atom stereocenters. The number of aromatic amines is 1. The van der Waals surface area contributed by atoms with E-state index in [-0.39, 0.29) is 29.6 Å². The fraction of sp³-hybridized carbons (Fsp3) is 0.143. The number of fused-ring (bicyclic) bond motifs is 1. The second kappa shape index (κ2) is 8.39. The maximum Gasteiger partial charge on any atom is 0.351 e. The quantitative estimate of drug-likeness (QED) is 0.493. The minimum absolute atomic E-state index is 0.0179. The van der Waals surface area contributed by atoms with Crippen molar-refractivity contribution in [2.45, 2.75) is 20.1 Å². The van der Waals surface area contributed by atoms with Gasteiger partial charge in [0.05, 0.1) is 17.6 Å². The molecule has 0 radical (unpaired) electrons. The molecular weight excluding hydrogens is 446 g/mol. The monoisotopic (exact) mass is 460 g/mol. The summed E-state index contributed by atoms with van der Waals surface area (Å²) in [6.07, 6.45) is 1.32. The average Bonchev–Trinajstić information content (AvgIpc) is 3.05. The molecule has 0 bridgehead atoms. The van der Waals surface area contributed by atoms with Crippen LogP contribution in [-0.4, -0.2) is 25.0 Å². The number of benzene rings is 2. The lowest BCUT2D eigenvalue weighted by Gasteiger charge is -2.11. The second-order valence-corrected chi connectivity index (χ2v) is 7.37. The van der Waals surface area contributed by atoms with Crippen LogP contribution >= 0.6 is 11.6 Å². The lowest BCUT2D eigenvalue weighted by atomic mass is 10.2. The van der Waals surface area contributed by atoms with E-state index < -0.39 is 28.9 Å². The molecule has 0 spiro atoms. The molecule has 164 valence electrons. The van der Waals surface area contributed by atoms with Crippen LogP contribution in [0, 0.1) is 11.6 Å². The van der Waals surface area contributed by atoms with Gasteiger partial charge in [0.15, 0.2) is 0 Å². The van der Waals surface area contributed by atoms with Crippen molar-refractivity contribution < 1.29 is 18.3 Å². The number of carbonyl (C=O) groups excluding carboxylic acids is 1. The Hall–Kier alpha value is -3.79. The normalized spacial score (nSPS) is 11.1. The van der Waals surface area contributed by atoms with Crippen LogP contribution < -0.4 is 16.1 Å². The van der Waals surface area contributed by atoms with Gasteiger partial charge in [0.1, 0.15) is 23.3 Å². The average molecular weight is 461 g/mol. The van der Waals surface area contributed by atoms with E-state index in [0.29, 0.717) is 16.6 Å². The SMILES string of the molecule is CC(=O)n1c(=O)[nH]c2cc(Cn3cc(Cl)c(OCc4ccc(F)cc4F)nc3=O)ccc21. The van der Waals surface area contributed by atoms with Gasteiger partial charge in [-0.1, -0.05) is 17.7 Å². The molecule has 0 aliphatic rings. The van der Waals surface area contributed by atoms with Crippen LogP contribution in [0.25, 0.3) is 11.0 Å². The summed E-state index contributed by atoms with van der Waals surface area (Å²) < 4.78 is 34.3. The zero-order chi connectivity index (χ0) is 23.0. The highest BCUT2D eigenvalue weighted by Gasteiger charge is 2.13. The standard InChI is InChI=1S/C21H15ClF2N4O4/c1-11(29)28-18-5-2-12(6-17(18)25-21(28)31)8-27-9-15(22)19(26-20(27)30)32-10-13-3-4-14(23)7-16(13)24/h2-7,9H,8,10H2,1H3,(H,25,31). The largest absolute Gasteiger partial charge is 0.471 e. The third kappa shape index (κ3) is 4.17. The molecule has 0 fully saturated rings. The first kappa shape index (κ1) is 21.4. The number of hydrogen-bond donors (Lipinski definition) is 1. The Morgan fingerprint density at radius 2 is 1.97 bits per heavy atom. The van der Waals surface area contributed by atoms with Gasteiger partial charge in [-0.25, -0.2) is 22.9 Å². The molecule has 0 amide bonds. The number of aromatic nitrogens is 4. The molecule has 1 N–H and O–H groups in total. The summed E-state index contributed by atoms with van der Waals surface area (Å²) in [6.45, 7) is 1.07. The number of imidazole rings is 1. The van der Waals surface area contributed by atoms with Crippen molar-refractivity contribution in [3.05, 3.63) is 91.3 Å². The zero-order valence-corrected chi connectivity index (χ0v) is 17.3. The molecular formula is C21H15ClF2N4O4. The van der Waals surface area contributed by atoms with Crippen LogP contribution in [0.5, 0.6) is 5.88 Å². The Kier molecular flexibility index (Phi) is 5.62. The molecule has 2 aromatic heterocycles. The van der Waals surface area contributed by atoms with Crippen LogP contribution in [0.3, 0.4) is 0 Å². The van der Waals surface area contributed by atoms with Crippen LogP contribution in [0.15, 0.2) is 52.2 Å². The van der Waals surface area contributed by atoms with Gasteiger partial charge in [-0.3, -0.25) is 9.36 Å². The summed E-state index contributed by atoms with van der Waals surface area (Å²) in [4.78, 5) is 42.4. The summed E-state index contributed by atoms with van der Waals surface area (Å²) in [5.41, 5.74) is 0.372. The number of carbonyl (C=O) groups is 1. The van der Waals surface area contributed by atoms with Crippen molar-refractivity contribution >= 4 is 28.5 Å². The zero-order valence-electron chi connectivity index (χ0n) is 16.6. The smallest absolute Gasteiger partial charge is 0.351 e. The van der Waals surface area contributed by atoms with Crippen LogP contribution in [-0.2, 0) is 13.2 Å². The summed E-state index contributed by atoms with van der Waals surface area (Å²) in [7, 11) is 0. The van der Waals surface area contributed by atoms with Gasteiger partial charge in [-0.15, -0.1) is 0 Å². The van der Waals surface area contributed by atoms with Crippen LogP contribution in [0.2, 0.25) is 5.02 Å². The highest BCUT2D eigenvalue weighted by Crippen LogP contribution is 2.22. The molecule has 4 aromatic rings. The molecule has 11 heteroatoms. The highest BCUT2D eigenvalue weighted by atomic mass is 35.5. The predicted molar refractivity (Wildman–Crippen MR) is 112 cm³/mol. The molecule has 32 heavy (non-hydrogen) atoms. The fourth-order valence-corrected chi connectivity index (χ4v) is 3.43. The van der Waals surface area contributed by atoms with Crippen molar-refractivity contribution in [3.8, 4) is 5.88 Å². The number of H-pyrrole nitrogens is 1. The Labute approximate surface area is 183 Å². The first-order valence-electron chi connectivity index (χ1n) is 9.31. The molecule has 8 nitrogen and oxygen atoms in total. The van der Waals surface area contributed by atoms with E-state index in [0.717, 1.165) is 16.7 Å². The molecule has 0 aliphatic carbocycles. The van der Waals surface area contributed by atoms with E-state index in [1.165, 1.54) is 23.8 Å². The first-order chi connectivity index (χ1) is 15.2. The van der Waals surface area contributed by atoms with Crippen molar-refractivity contribution in [2.75, 3.05) is 0 Å². The Bertz CT molecular complexity index is 1480. The summed E-state index contributed by atoms with van der Waals surface area (Å²) >= 11 is 6.16. The third-order valence-corrected chi connectivity index (χ3v) is 4.97. The highest BCUT2D eigenvalue weighted by molar-refractivity contribution is 6.31.